The number of nitrogens with one attached hydrogen (secondary N) is 1. The second kappa shape index (κ2) is 7.18. The summed E-state index contributed by atoms with van der Waals surface area (Å²) in [6.45, 7) is 3.08. The Kier molecular flexibility index (Phi) is 5.85. The maximum absolute atomic E-state index is 12.1. The third kappa shape index (κ3) is 4.53. The number of hydrogen-bond acceptors (Lipinski definition) is 7. The van der Waals surface area contributed by atoms with Crippen molar-refractivity contribution in [1.82, 2.24) is 14.5 Å². The van der Waals surface area contributed by atoms with Gasteiger partial charge in [0, 0.05) is 13.2 Å². The molecule has 0 atom stereocenters. The van der Waals surface area contributed by atoms with Crippen LogP contribution in [0.4, 0.5) is 0 Å². The first kappa shape index (κ1) is 17.1. The predicted octanol–water partition coefficient (Wildman–Crippen LogP) is -0.807. The average molecular weight is 319 g/mol. The van der Waals surface area contributed by atoms with E-state index in [-0.39, 0.29) is 18.1 Å². The van der Waals surface area contributed by atoms with Gasteiger partial charge in [0.05, 0.1) is 19.4 Å². The van der Waals surface area contributed by atoms with E-state index in [1.165, 1.54) is 31.8 Å². The standard InChI is InChI=1S/C11H17N3O6S/c1-4-19-10(15)9(11(16)20-5-2)13-21(17,18)8-6-12-14(3)7-8/h6-7,9,13H,4-5H2,1-3H3. The smallest absolute Gasteiger partial charge is 0.335 e. The van der Waals surface area contributed by atoms with Gasteiger partial charge in [0.2, 0.25) is 16.1 Å². The molecule has 0 aliphatic carbocycles. The van der Waals surface area contributed by atoms with E-state index in [0.717, 1.165) is 6.20 Å². The quantitative estimate of drug-likeness (QED) is 0.516. The minimum Gasteiger partial charge on any atom is -0.464 e. The van der Waals surface area contributed by atoms with E-state index in [2.05, 4.69) is 14.6 Å². The predicted molar refractivity (Wildman–Crippen MR) is 70.6 cm³/mol. The molecule has 0 amide bonds. The lowest BCUT2D eigenvalue weighted by atomic mass is 10.3. The Hall–Kier alpha value is -1.94. The van der Waals surface area contributed by atoms with Crippen LogP contribution in [0, 0.1) is 0 Å². The number of sulfonamides is 1. The highest BCUT2D eigenvalue weighted by atomic mass is 32.2. The van der Waals surface area contributed by atoms with E-state index in [4.69, 9.17) is 0 Å². The lowest BCUT2D eigenvalue weighted by molar-refractivity contribution is -0.157. The van der Waals surface area contributed by atoms with E-state index >= 15 is 0 Å². The Morgan fingerprint density at radius 1 is 1.29 bits per heavy atom. The number of esters is 2. The van der Waals surface area contributed by atoms with Crippen LogP contribution >= 0.6 is 0 Å². The zero-order valence-corrected chi connectivity index (χ0v) is 12.7. The third-order valence-corrected chi connectivity index (χ3v) is 3.69. The van der Waals surface area contributed by atoms with Gasteiger partial charge in [-0.15, -0.1) is 0 Å². The largest absolute Gasteiger partial charge is 0.464 e. The van der Waals surface area contributed by atoms with Gasteiger partial charge in [-0.2, -0.15) is 9.82 Å². The van der Waals surface area contributed by atoms with Gasteiger partial charge in [-0.3, -0.25) is 4.68 Å². The van der Waals surface area contributed by atoms with E-state index in [1.54, 1.807) is 0 Å². The van der Waals surface area contributed by atoms with Crippen LogP contribution in [0.5, 0.6) is 0 Å². The molecule has 0 aliphatic rings. The van der Waals surface area contributed by atoms with Crippen LogP contribution in [-0.4, -0.2) is 49.4 Å². The van der Waals surface area contributed by atoms with Crippen LogP contribution in [0.1, 0.15) is 13.8 Å². The lowest BCUT2D eigenvalue weighted by Crippen LogP contribution is -2.48. The normalized spacial score (nSPS) is 11.4. The minimum absolute atomic E-state index is 0.00333. The van der Waals surface area contributed by atoms with Crippen LogP contribution in [0.2, 0.25) is 0 Å². The maximum Gasteiger partial charge on any atom is 0.335 e. The summed E-state index contributed by atoms with van der Waals surface area (Å²) in [5.74, 6) is -2.05. The molecule has 0 unspecified atom stereocenters. The molecular weight excluding hydrogens is 302 g/mol. The summed E-state index contributed by atoms with van der Waals surface area (Å²) in [6, 6.07) is -1.75. The van der Waals surface area contributed by atoms with Crippen molar-refractivity contribution in [2.45, 2.75) is 24.8 Å². The van der Waals surface area contributed by atoms with Gasteiger partial charge in [0.25, 0.3) is 0 Å². The summed E-state index contributed by atoms with van der Waals surface area (Å²) in [4.78, 5) is 23.2. The summed E-state index contributed by atoms with van der Waals surface area (Å²) in [5.41, 5.74) is 0. The topological polar surface area (TPSA) is 117 Å². The molecule has 0 saturated carbocycles. The number of aromatic nitrogens is 2. The fourth-order valence-corrected chi connectivity index (χ4v) is 2.52. The highest BCUT2D eigenvalue weighted by Crippen LogP contribution is 2.08. The molecule has 1 rings (SSSR count). The Bertz CT molecular complexity index is 591. The Balaban J connectivity index is 2.99. The summed E-state index contributed by atoms with van der Waals surface area (Å²) in [7, 11) is -2.57. The number of carbonyl (C=O) groups is 2. The molecule has 9 nitrogen and oxygen atoms in total. The van der Waals surface area contributed by atoms with Crippen molar-refractivity contribution in [3.63, 3.8) is 0 Å². The second-order valence-electron chi connectivity index (χ2n) is 3.91. The molecule has 21 heavy (non-hydrogen) atoms. The molecule has 118 valence electrons. The number of hydrogen-bond donors (Lipinski definition) is 1. The van der Waals surface area contributed by atoms with Crippen molar-refractivity contribution < 1.29 is 27.5 Å². The zero-order valence-electron chi connectivity index (χ0n) is 11.9. The molecule has 0 saturated heterocycles. The van der Waals surface area contributed by atoms with E-state index < -0.39 is 28.0 Å². The van der Waals surface area contributed by atoms with Crippen LogP contribution in [-0.2, 0) is 36.1 Å². The molecule has 0 fully saturated rings. The van der Waals surface area contributed by atoms with Gasteiger partial charge >= 0.3 is 11.9 Å². The SMILES string of the molecule is CCOC(=O)C(NS(=O)(=O)c1cnn(C)c1)C(=O)OCC. The molecule has 0 radical (unpaired) electrons. The van der Waals surface area contributed by atoms with Crippen LogP contribution in [0.25, 0.3) is 0 Å². The fraction of sp³-hybridized carbons (Fsp3) is 0.545. The summed E-state index contributed by atoms with van der Waals surface area (Å²) < 4.78 is 36.8. The number of nitrogens with zero attached hydrogens (tertiary/aromatic N) is 2. The molecule has 0 aliphatic heterocycles. The van der Waals surface area contributed by atoms with Gasteiger partial charge in [0.1, 0.15) is 4.90 Å². The van der Waals surface area contributed by atoms with Gasteiger partial charge in [-0.1, -0.05) is 0 Å². The third-order valence-electron chi connectivity index (χ3n) is 2.31. The molecular formula is C11H17N3O6S. The number of ether oxygens (including phenoxy) is 2. The highest BCUT2D eigenvalue weighted by molar-refractivity contribution is 7.89. The van der Waals surface area contributed by atoms with Crippen LogP contribution in [0.15, 0.2) is 17.3 Å². The molecule has 1 N–H and O–H groups in total. The summed E-state index contributed by atoms with van der Waals surface area (Å²) >= 11 is 0. The molecule has 1 aromatic heterocycles. The summed E-state index contributed by atoms with van der Waals surface area (Å²) in [5, 5.41) is 3.72. The first-order valence-corrected chi connectivity index (χ1v) is 7.64. The van der Waals surface area contributed by atoms with Gasteiger partial charge in [-0.25, -0.2) is 18.0 Å². The van der Waals surface area contributed by atoms with Crippen molar-refractivity contribution in [2.24, 2.45) is 7.05 Å². The van der Waals surface area contributed by atoms with E-state index in [0.29, 0.717) is 0 Å². The molecule has 0 bridgehead atoms. The minimum atomic E-state index is -4.10. The number of aryl methyl sites for hydroxylation is 1. The van der Waals surface area contributed by atoms with Crippen molar-refractivity contribution in [1.29, 1.82) is 0 Å². The molecule has 1 aromatic rings. The number of carbonyl (C=O) groups excluding carboxylic acids is 2. The zero-order chi connectivity index (χ0) is 16.0. The first-order chi connectivity index (χ1) is 9.81. The highest BCUT2D eigenvalue weighted by Gasteiger charge is 2.34. The Morgan fingerprint density at radius 2 is 1.81 bits per heavy atom. The lowest BCUT2D eigenvalue weighted by Gasteiger charge is -2.15. The number of rotatable bonds is 7. The average Bonchev–Trinajstić information content (AvgIpc) is 2.84. The van der Waals surface area contributed by atoms with Gasteiger partial charge in [0.15, 0.2) is 0 Å². The monoisotopic (exact) mass is 319 g/mol. The fourth-order valence-electron chi connectivity index (χ4n) is 1.40. The van der Waals surface area contributed by atoms with Crippen molar-refractivity contribution >= 4 is 22.0 Å². The van der Waals surface area contributed by atoms with E-state index in [1.807, 2.05) is 4.72 Å². The Morgan fingerprint density at radius 3 is 2.19 bits per heavy atom. The Labute approximate surface area is 122 Å². The molecule has 10 heteroatoms. The van der Waals surface area contributed by atoms with Crippen molar-refractivity contribution in [3.8, 4) is 0 Å². The molecule has 1 heterocycles. The van der Waals surface area contributed by atoms with Gasteiger partial charge < -0.3 is 9.47 Å². The van der Waals surface area contributed by atoms with E-state index in [9.17, 15) is 18.0 Å². The molecule has 0 aromatic carbocycles. The van der Waals surface area contributed by atoms with Gasteiger partial charge in [-0.05, 0) is 13.8 Å². The van der Waals surface area contributed by atoms with Crippen molar-refractivity contribution in [2.75, 3.05) is 13.2 Å². The second-order valence-corrected chi connectivity index (χ2v) is 5.62. The summed E-state index contributed by atoms with van der Waals surface area (Å²) in [6.07, 6.45) is 2.32. The van der Waals surface area contributed by atoms with Crippen LogP contribution in [0.3, 0.4) is 0 Å². The maximum atomic E-state index is 12.1. The van der Waals surface area contributed by atoms with Crippen LogP contribution < -0.4 is 4.72 Å². The molecule has 0 spiro atoms. The first-order valence-electron chi connectivity index (χ1n) is 6.16. The van der Waals surface area contributed by atoms with Crippen molar-refractivity contribution in [3.05, 3.63) is 12.4 Å².